The van der Waals surface area contributed by atoms with E-state index in [0.717, 1.165) is 32.1 Å². The normalized spacial score (nSPS) is 12.3. The first-order chi connectivity index (χ1) is 10.7. The highest BCUT2D eigenvalue weighted by molar-refractivity contribution is 6.20. The summed E-state index contributed by atoms with van der Waals surface area (Å²) in [5, 5.41) is 0. The minimum atomic E-state index is -0.430. The van der Waals surface area contributed by atoms with Gasteiger partial charge in [0.25, 0.3) is 0 Å². The van der Waals surface area contributed by atoms with E-state index in [1.807, 2.05) is 0 Å². The second-order valence-corrected chi connectivity index (χ2v) is 6.81. The summed E-state index contributed by atoms with van der Waals surface area (Å²) in [6.45, 7) is 4.37. The van der Waals surface area contributed by atoms with Crippen LogP contribution in [0.25, 0.3) is 0 Å². The van der Waals surface area contributed by atoms with E-state index in [2.05, 4.69) is 13.8 Å². The Kier molecular flexibility index (Phi) is 16.9. The van der Waals surface area contributed by atoms with Gasteiger partial charge < -0.3 is 4.74 Å². The third-order valence-electron chi connectivity index (χ3n) is 4.03. The van der Waals surface area contributed by atoms with Crippen LogP contribution in [-0.4, -0.2) is 11.5 Å². The second-order valence-electron chi connectivity index (χ2n) is 6.33. The van der Waals surface area contributed by atoms with Gasteiger partial charge in [-0.25, -0.2) is 0 Å². The molecule has 1 unspecified atom stereocenters. The fraction of sp³-hybridized carbons (Fsp3) is 0.947. The summed E-state index contributed by atoms with van der Waals surface area (Å²) in [5.74, 6) is -0.132. The predicted octanol–water partition coefficient (Wildman–Crippen LogP) is 6.99. The molecule has 22 heavy (non-hydrogen) atoms. The molecule has 0 spiro atoms. The van der Waals surface area contributed by atoms with Gasteiger partial charge in [0.2, 0.25) is 0 Å². The van der Waals surface area contributed by atoms with Gasteiger partial charge in [-0.3, -0.25) is 4.79 Å². The number of ether oxygens (including phenoxy) is 1. The number of carbonyl (C=O) groups excluding carboxylic acids is 1. The van der Waals surface area contributed by atoms with Gasteiger partial charge in [0.05, 0.1) is 0 Å². The van der Waals surface area contributed by atoms with Gasteiger partial charge in [0, 0.05) is 6.42 Å². The van der Waals surface area contributed by atoms with Crippen molar-refractivity contribution in [1.82, 2.24) is 0 Å². The summed E-state index contributed by atoms with van der Waals surface area (Å²) in [5.41, 5.74) is -0.430. The molecule has 0 aromatic heterocycles. The molecule has 0 aromatic carbocycles. The number of hydrogen-bond donors (Lipinski definition) is 0. The lowest BCUT2D eigenvalue weighted by atomic mass is 10.1. The van der Waals surface area contributed by atoms with Gasteiger partial charge >= 0.3 is 5.97 Å². The largest absolute Gasteiger partial charge is 0.446 e. The topological polar surface area (TPSA) is 26.3 Å². The predicted molar refractivity (Wildman–Crippen MR) is 96.3 cm³/mol. The van der Waals surface area contributed by atoms with E-state index in [1.165, 1.54) is 57.8 Å². The van der Waals surface area contributed by atoms with Crippen LogP contribution in [0.4, 0.5) is 0 Å². The Bertz CT molecular complexity index is 244. The molecule has 0 fully saturated rings. The summed E-state index contributed by atoms with van der Waals surface area (Å²) in [6, 6.07) is 0. The smallest absolute Gasteiger partial charge is 0.307 e. The zero-order chi connectivity index (χ0) is 16.5. The fourth-order valence-electron chi connectivity index (χ4n) is 2.56. The molecule has 3 heteroatoms. The third-order valence-corrected chi connectivity index (χ3v) is 4.34. The molecule has 0 aliphatic heterocycles. The van der Waals surface area contributed by atoms with Crippen LogP contribution in [0.15, 0.2) is 0 Å². The maximum absolute atomic E-state index is 11.6. The number of rotatable bonds is 16. The van der Waals surface area contributed by atoms with Crippen molar-refractivity contribution in [1.29, 1.82) is 0 Å². The molecule has 0 aliphatic rings. The van der Waals surface area contributed by atoms with Crippen molar-refractivity contribution < 1.29 is 9.53 Å². The van der Waals surface area contributed by atoms with Crippen molar-refractivity contribution >= 4 is 17.6 Å². The third kappa shape index (κ3) is 16.1. The standard InChI is InChI=1S/C19H37ClO2/c1-3-5-7-8-9-10-11-12-13-14-15-17-19(21)22-18(20)16-6-4-2/h18H,3-17H2,1-2H3. The number of hydrogen-bond acceptors (Lipinski definition) is 2. The Balaban J connectivity index is 3.23. The second kappa shape index (κ2) is 17.1. The van der Waals surface area contributed by atoms with Gasteiger partial charge in [-0.2, -0.15) is 0 Å². The highest BCUT2D eigenvalue weighted by Gasteiger charge is 2.10. The van der Waals surface area contributed by atoms with Crippen molar-refractivity contribution in [2.75, 3.05) is 0 Å². The number of esters is 1. The number of carbonyl (C=O) groups is 1. The molecule has 0 aromatic rings. The van der Waals surface area contributed by atoms with E-state index < -0.39 is 5.56 Å². The first-order valence-corrected chi connectivity index (χ1v) is 9.97. The molecule has 0 N–H and O–H groups in total. The van der Waals surface area contributed by atoms with E-state index >= 15 is 0 Å². The molecule has 0 aliphatic carbocycles. The lowest BCUT2D eigenvalue weighted by molar-refractivity contribution is -0.145. The van der Waals surface area contributed by atoms with Crippen LogP contribution in [0, 0.1) is 0 Å². The van der Waals surface area contributed by atoms with Gasteiger partial charge in [-0.05, 0) is 19.3 Å². The van der Waals surface area contributed by atoms with Crippen LogP contribution in [-0.2, 0) is 9.53 Å². The fourth-order valence-corrected chi connectivity index (χ4v) is 2.81. The highest BCUT2D eigenvalue weighted by Crippen LogP contribution is 2.14. The van der Waals surface area contributed by atoms with E-state index in [-0.39, 0.29) is 5.97 Å². The van der Waals surface area contributed by atoms with Crippen LogP contribution in [0.2, 0.25) is 0 Å². The summed E-state index contributed by atoms with van der Waals surface area (Å²) in [6.07, 6.45) is 17.6. The van der Waals surface area contributed by atoms with Crippen molar-refractivity contribution in [3.63, 3.8) is 0 Å². The van der Waals surface area contributed by atoms with Gasteiger partial charge in [0.15, 0.2) is 5.56 Å². The summed E-state index contributed by atoms with van der Waals surface area (Å²) >= 11 is 5.95. The molecule has 0 rings (SSSR count). The maximum atomic E-state index is 11.6. The molecule has 0 saturated heterocycles. The molecule has 0 saturated carbocycles. The Morgan fingerprint density at radius 3 is 1.73 bits per heavy atom. The minimum absolute atomic E-state index is 0.132. The lowest BCUT2D eigenvalue weighted by Gasteiger charge is -2.10. The molecule has 2 nitrogen and oxygen atoms in total. The summed E-state index contributed by atoms with van der Waals surface area (Å²) in [4.78, 5) is 11.6. The number of alkyl halides is 1. The van der Waals surface area contributed by atoms with E-state index in [1.54, 1.807) is 0 Å². The van der Waals surface area contributed by atoms with Crippen molar-refractivity contribution in [2.45, 2.75) is 116 Å². The zero-order valence-corrected chi connectivity index (χ0v) is 15.6. The van der Waals surface area contributed by atoms with Crippen molar-refractivity contribution in [3.05, 3.63) is 0 Å². The number of unbranched alkanes of at least 4 members (excludes halogenated alkanes) is 11. The maximum Gasteiger partial charge on any atom is 0.307 e. The Morgan fingerprint density at radius 2 is 1.23 bits per heavy atom. The summed E-state index contributed by atoms with van der Waals surface area (Å²) in [7, 11) is 0. The average Bonchev–Trinajstić information content (AvgIpc) is 2.50. The van der Waals surface area contributed by atoms with Gasteiger partial charge in [-0.1, -0.05) is 96.1 Å². The van der Waals surface area contributed by atoms with Crippen LogP contribution in [0.1, 0.15) is 110 Å². The monoisotopic (exact) mass is 332 g/mol. The lowest BCUT2D eigenvalue weighted by Crippen LogP contribution is -2.12. The van der Waals surface area contributed by atoms with E-state index in [0.29, 0.717) is 6.42 Å². The Labute approximate surface area is 143 Å². The first kappa shape index (κ1) is 21.8. The molecule has 0 heterocycles. The molecular weight excluding hydrogens is 296 g/mol. The van der Waals surface area contributed by atoms with E-state index in [4.69, 9.17) is 16.3 Å². The van der Waals surface area contributed by atoms with Crippen LogP contribution >= 0.6 is 11.6 Å². The summed E-state index contributed by atoms with van der Waals surface area (Å²) < 4.78 is 5.17. The van der Waals surface area contributed by atoms with Crippen molar-refractivity contribution in [2.24, 2.45) is 0 Å². The van der Waals surface area contributed by atoms with Gasteiger partial charge in [-0.15, -0.1) is 0 Å². The highest BCUT2D eigenvalue weighted by atomic mass is 35.5. The molecular formula is C19H37ClO2. The molecule has 0 bridgehead atoms. The number of halogens is 1. The minimum Gasteiger partial charge on any atom is -0.446 e. The Hall–Kier alpha value is -0.240. The zero-order valence-electron chi connectivity index (χ0n) is 14.9. The van der Waals surface area contributed by atoms with Gasteiger partial charge in [0.1, 0.15) is 0 Å². The molecule has 132 valence electrons. The molecule has 0 amide bonds. The van der Waals surface area contributed by atoms with Crippen LogP contribution in [0.3, 0.4) is 0 Å². The average molecular weight is 333 g/mol. The molecule has 0 radical (unpaired) electrons. The first-order valence-electron chi connectivity index (χ1n) is 9.54. The van der Waals surface area contributed by atoms with Crippen LogP contribution < -0.4 is 0 Å². The molecule has 1 atom stereocenters. The van der Waals surface area contributed by atoms with Crippen molar-refractivity contribution in [3.8, 4) is 0 Å². The Morgan fingerprint density at radius 1 is 0.773 bits per heavy atom. The quantitative estimate of drug-likeness (QED) is 0.173. The SMILES string of the molecule is CCCCCCCCCCCCCC(=O)OC(Cl)CCCC. The van der Waals surface area contributed by atoms with E-state index in [9.17, 15) is 4.79 Å². The van der Waals surface area contributed by atoms with Crippen LogP contribution in [0.5, 0.6) is 0 Å².